The lowest BCUT2D eigenvalue weighted by atomic mass is 10.1. The third kappa shape index (κ3) is 2.26. The Balaban J connectivity index is 1.89. The zero-order chi connectivity index (χ0) is 13.9. The number of anilines is 1. The fourth-order valence-electron chi connectivity index (χ4n) is 1.68. The molecule has 1 amide bonds. The summed E-state index contributed by atoms with van der Waals surface area (Å²) in [5.41, 5.74) is 2.27. The van der Waals surface area contributed by atoms with Crippen molar-refractivity contribution in [2.45, 2.75) is 6.92 Å². The minimum Gasteiger partial charge on any atom is -0.423 e. The zero-order valence-electron chi connectivity index (χ0n) is 10.5. The topological polar surface area (TPSA) is 110 Å². The Bertz CT molecular complexity index is 721. The molecule has 20 heavy (non-hydrogen) atoms. The Labute approximate surface area is 113 Å². The molecule has 3 rings (SSSR count). The van der Waals surface area contributed by atoms with Gasteiger partial charge in [0, 0.05) is 11.3 Å². The van der Waals surface area contributed by atoms with E-state index in [0.29, 0.717) is 11.6 Å². The first-order valence-electron chi connectivity index (χ1n) is 5.78. The minimum absolute atomic E-state index is 0.146. The van der Waals surface area contributed by atoms with E-state index in [1.807, 2.05) is 19.1 Å². The molecule has 0 aliphatic rings. The van der Waals surface area contributed by atoms with Crippen LogP contribution in [0.25, 0.3) is 11.5 Å². The van der Waals surface area contributed by atoms with E-state index in [-0.39, 0.29) is 11.7 Å². The Morgan fingerprint density at radius 3 is 3.00 bits per heavy atom. The van der Waals surface area contributed by atoms with Crippen molar-refractivity contribution >= 4 is 11.6 Å². The summed E-state index contributed by atoms with van der Waals surface area (Å²) in [6.45, 7) is 1.88. The number of carbonyl (C=O) groups is 1. The van der Waals surface area contributed by atoms with Gasteiger partial charge in [0.2, 0.25) is 18.1 Å². The first-order chi connectivity index (χ1) is 9.74. The summed E-state index contributed by atoms with van der Waals surface area (Å²) in [5.74, 6) is 0.168. The van der Waals surface area contributed by atoms with Crippen LogP contribution in [0.1, 0.15) is 16.2 Å². The molecule has 0 saturated carbocycles. The van der Waals surface area contributed by atoms with Crippen molar-refractivity contribution < 1.29 is 9.21 Å². The van der Waals surface area contributed by atoms with Gasteiger partial charge in [0.25, 0.3) is 5.91 Å². The van der Waals surface area contributed by atoms with E-state index in [2.05, 4.69) is 30.7 Å². The van der Waals surface area contributed by atoms with Gasteiger partial charge in [-0.3, -0.25) is 9.89 Å². The highest BCUT2D eigenvalue weighted by molar-refractivity contribution is 6.02. The van der Waals surface area contributed by atoms with E-state index >= 15 is 0 Å². The molecule has 0 atom stereocenters. The number of aryl methyl sites for hydroxylation is 1. The van der Waals surface area contributed by atoms with Crippen LogP contribution in [0.5, 0.6) is 0 Å². The molecule has 2 aromatic heterocycles. The summed E-state index contributed by atoms with van der Waals surface area (Å²) in [6, 6.07) is 5.46. The maximum absolute atomic E-state index is 11.9. The molecule has 0 aliphatic carbocycles. The van der Waals surface area contributed by atoms with Gasteiger partial charge in [0.15, 0.2) is 0 Å². The second-order valence-corrected chi connectivity index (χ2v) is 4.06. The van der Waals surface area contributed by atoms with E-state index in [4.69, 9.17) is 4.42 Å². The van der Waals surface area contributed by atoms with Gasteiger partial charge in [-0.1, -0.05) is 6.07 Å². The first kappa shape index (κ1) is 12.0. The Hall–Kier alpha value is -3.03. The lowest BCUT2D eigenvalue weighted by Crippen LogP contribution is -2.14. The number of amides is 1. The van der Waals surface area contributed by atoms with Crippen LogP contribution in [0, 0.1) is 6.92 Å². The zero-order valence-corrected chi connectivity index (χ0v) is 10.5. The monoisotopic (exact) mass is 270 g/mol. The van der Waals surface area contributed by atoms with Crippen LogP contribution in [0.15, 0.2) is 35.3 Å². The third-order valence-electron chi connectivity index (χ3n) is 2.72. The molecule has 0 unspecified atom stereocenters. The highest BCUT2D eigenvalue weighted by atomic mass is 16.4. The number of nitrogens with one attached hydrogen (secondary N) is 2. The van der Waals surface area contributed by atoms with Crippen LogP contribution in [0.2, 0.25) is 0 Å². The summed E-state index contributed by atoms with van der Waals surface area (Å²) >= 11 is 0. The van der Waals surface area contributed by atoms with Crippen molar-refractivity contribution in [1.82, 2.24) is 25.4 Å². The van der Waals surface area contributed by atoms with E-state index in [1.54, 1.807) is 6.07 Å². The molecule has 0 radical (unpaired) electrons. The predicted octanol–water partition coefficient (Wildman–Crippen LogP) is 1.42. The molecule has 0 bridgehead atoms. The number of hydrogen-bond acceptors (Lipinski definition) is 6. The van der Waals surface area contributed by atoms with Gasteiger partial charge < -0.3 is 9.73 Å². The number of aromatic nitrogens is 5. The second-order valence-electron chi connectivity index (χ2n) is 4.06. The van der Waals surface area contributed by atoms with Crippen molar-refractivity contribution in [2.24, 2.45) is 0 Å². The smallest absolute Gasteiger partial charge is 0.292 e. The average Bonchev–Trinajstić information content (AvgIpc) is 3.14. The molecule has 0 fully saturated rings. The Morgan fingerprint density at radius 2 is 2.30 bits per heavy atom. The van der Waals surface area contributed by atoms with Gasteiger partial charge in [-0.2, -0.15) is 5.10 Å². The van der Waals surface area contributed by atoms with E-state index in [1.165, 1.54) is 12.7 Å². The molecule has 2 N–H and O–H groups in total. The molecule has 0 saturated heterocycles. The Kier molecular flexibility index (Phi) is 2.96. The molecule has 0 spiro atoms. The van der Waals surface area contributed by atoms with Crippen molar-refractivity contribution in [3.63, 3.8) is 0 Å². The normalized spacial score (nSPS) is 10.4. The maximum atomic E-state index is 11.9. The summed E-state index contributed by atoms with van der Waals surface area (Å²) in [5, 5.41) is 16.3. The van der Waals surface area contributed by atoms with E-state index in [9.17, 15) is 4.79 Å². The van der Waals surface area contributed by atoms with Gasteiger partial charge >= 0.3 is 0 Å². The molecule has 8 nitrogen and oxygen atoms in total. The van der Waals surface area contributed by atoms with Crippen molar-refractivity contribution in [3.8, 4) is 11.5 Å². The number of benzene rings is 1. The standard InChI is InChI=1S/C12H10N6O2/c1-7-2-3-8(12-18-15-6-20-12)4-9(7)16-11(19)10-13-5-14-17-10/h2-6H,1H3,(H,16,19)(H,13,14,17). The van der Waals surface area contributed by atoms with E-state index in [0.717, 1.165) is 11.1 Å². The van der Waals surface area contributed by atoms with E-state index < -0.39 is 0 Å². The van der Waals surface area contributed by atoms with Gasteiger partial charge in [-0.25, -0.2) is 4.98 Å². The van der Waals surface area contributed by atoms with Crippen molar-refractivity contribution in [3.05, 3.63) is 42.3 Å². The molecule has 100 valence electrons. The van der Waals surface area contributed by atoms with Gasteiger partial charge in [-0.15, -0.1) is 10.2 Å². The van der Waals surface area contributed by atoms with Crippen LogP contribution in [-0.2, 0) is 0 Å². The average molecular weight is 270 g/mol. The number of hydrogen-bond donors (Lipinski definition) is 2. The molecular weight excluding hydrogens is 260 g/mol. The van der Waals surface area contributed by atoms with Crippen molar-refractivity contribution in [1.29, 1.82) is 0 Å². The maximum Gasteiger partial charge on any atom is 0.292 e. The quantitative estimate of drug-likeness (QED) is 0.744. The fraction of sp³-hybridized carbons (Fsp3) is 0.0833. The summed E-state index contributed by atoms with van der Waals surface area (Å²) in [7, 11) is 0. The van der Waals surface area contributed by atoms with Crippen molar-refractivity contribution in [2.75, 3.05) is 5.32 Å². The van der Waals surface area contributed by atoms with Crippen LogP contribution in [-0.4, -0.2) is 31.3 Å². The number of carbonyl (C=O) groups excluding carboxylic acids is 1. The molecular formula is C12H10N6O2. The number of nitrogens with zero attached hydrogens (tertiary/aromatic N) is 4. The minimum atomic E-state index is -0.367. The van der Waals surface area contributed by atoms with Gasteiger partial charge in [0.05, 0.1) is 0 Å². The number of H-pyrrole nitrogens is 1. The van der Waals surface area contributed by atoms with Crippen LogP contribution in [0.3, 0.4) is 0 Å². The lowest BCUT2D eigenvalue weighted by molar-refractivity contribution is 0.101. The summed E-state index contributed by atoms with van der Waals surface area (Å²) in [6.07, 6.45) is 2.53. The third-order valence-corrected chi connectivity index (χ3v) is 2.72. The molecule has 1 aromatic carbocycles. The molecule has 8 heteroatoms. The second kappa shape index (κ2) is 4.92. The van der Waals surface area contributed by atoms with Crippen LogP contribution >= 0.6 is 0 Å². The molecule has 3 aromatic rings. The van der Waals surface area contributed by atoms with Gasteiger partial charge in [-0.05, 0) is 24.6 Å². The highest BCUT2D eigenvalue weighted by Crippen LogP contribution is 2.24. The van der Waals surface area contributed by atoms with Crippen LogP contribution in [0.4, 0.5) is 5.69 Å². The molecule has 2 heterocycles. The Morgan fingerprint density at radius 1 is 1.40 bits per heavy atom. The summed E-state index contributed by atoms with van der Waals surface area (Å²) < 4.78 is 5.13. The predicted molar refractivity (Wildman–Crippen MR) is 68.8 cm³/mol. The fourth-order valence-corrected chi connectivity index (χ4v) is 1.68. The number of rotatable bonds is 3. The van der Waals surface area contributed by atoms with Gasteiger partial charge in [0.1, 0.15) is 6.33 Å². The highest BCUT2D eigenvalue weighted by Gasteiger charge is 2.12. The number of aromatic amines is 1. The largest absolute Gasteiger partial charge is 0.423 e. The lowest BCUT2D eigenvalue weighted by Gasteiger charge is -2.08. The summed E-state index contributed by atoms with van der Waals surface area (Å²) in [4.78, 5) is 15.7. The van der Waals surface area contributed by atoms with Crippen LogP contribution < -0.4 is 5.32 Å². The SMILES string of the molecule is Cc1ccc(-c2nnco2)cc1NC(=O)c1ncn[nH]1. The first-order valence-corrected chi connectivity index (χ1v) is 5.78. The molecule has 0 aliphatic heterocycles.